The van der Waals surface area contributed by atoms with Gasteiger partial charge in [-0.05, 0) is 29.7 Å². The minimum atomic E-state index is -0.462. The van der Waals surface area contributed by atoms with E-state index in [9.17, 15) is 15.2 Å². The van der Waals surface area contributed by atoms with Crippen LogP contribution >= 0.6 is 11.6 Å². The van der Waals surface area contributed by atoms with E-state index in [-0.39, 0.29) is 16.6 Å². The van der Waals surface area contributed by atoms with Crippen LogP contribution in [0.3, 0.4) is 0 Å². The average molecular weight is 306 g/mol. The summed E-state index contributed by atoms with van der Waals surface area (Å²) in [6, 6.07) is 6.74. The van der Waals surface area contributed by atoms with E-state index in [1.807, 2.05) is 11.0 Å². The third-order valence-corrected chi connectivity index (χ3v) is 3.77. The third kappa shape index (κ3) is 2.62. The van der Waals surface area contributed by atoms with E-state index in [1.165, 1.54) is 12.3 Å². The number of aromatic hydroxyl groups is 1. The van der Waals surface area contributed by atoms with Crippen molar-refractivity contribution < 1.29 is 10.0 Å². The molecule has 0 radical (unpaired) electrons. The Bertz CT molecular complexity index is 721. The monoisotopic (exact) mass is 305 g/mol. The van der Waals surface area contributed by atoms with Crippen molar-refractivity contribution in [2.75, 3.05) is 11.4 Å². The van der Waals surface area contributed by atoms with E-state index in [0.29, 0.717) is 18.8 Å². The number of rotatable bonds is 2. The zero-order valence-electron chi connectivity index (χ0n) is 11.0. The van der Waals surface area contributed by atoms with Crippen LogP contribution in [-0.4, -0.2) is 21.6 Å². The maximum atomic E-state index is 11.1. The topological polar surface area (TPSA) is 79.5 Å². The number of anilines is 1. The SMILES string of the molecule is O=[N+]([O-])c1cnc(Cl)cc1N1CCc2ccc(O)cc2C1. The Balaban J connectivity index is 1.99. The van der Waals surface area contributed by atoms with E-state index in [1.54, 1.807) is 12.1 Å². The number of phenolic OH excluding ortho intramolecular Hbond substituents is 1. The number of hydrogen-bond donors (Lipinski definition) is 1. The van der Waals surface area contributed by atoms with Gasteiger partial charge in [0, 0.05) is 19.2 Å². The molecular formula is C14H12ClN3O3. The summed E-state index contributed by atoms with van der Waals surface area (Å²) in [5.41, 5.74) is 2.49. The van der Waals surface area contributed by atoms with Gasteiger partial charge in [-0.1, -0.05) is 17.7 Å². The first kappa shape index (κ1) is 13.6. The summed E-state index contributed by atoms with van der Waals surface area (Å²) < 4.78 is 0. The van der Waals surface area contributed by atoms with Gasteiger partial charge in [-0.3, -0.25) is 10.1 Å². The van der Waals surface area contributed by atoms with E-state index in [0.717, 1.165) is 17.5 Å². The molecule has 2 aromatic rings. The summed E-state index contributed by atoms with van der Waals surface area (Å²) in [7, 11) is 0. The minimum Gasteiger partial charge on any atom is -0.508 e. The van der Waals surface area contributed by atoms with Crippen molar-refractivity contribution in [1.82, 2.24) is 4.98 Å². The van der Waals surface area contributed by atoms with Gasteiger partial charge in [-0.2, -0.15) is 0 Å². The molecule has 21 heavy (non-hydrogen) atoms. The molecule has 0 unspecified atom stereocenters. The standard InChI is InChI=1S/C14H12ClN3O3/c15-14-6-12(13(7-16-14)18(20)21)17-4-3-9-1-2-11(19)5-10(9)8-17/h1-2,5-7,19H,3-4,8H2. The normalized spacial score (nSPS) is 13.9. The second kappa shape index (κ2) is 5.21. The Hall–Kier alpha value is -2.34. The maximum Gasteiger partial charge on any atom is 0.310 e. The fourth-order valence-corrected chi connectivity index (χ4v) is 2.71. The molecule has 3 rings (SSSR count). The van der Waals surface area contributed by atoms with Gasteiger partial charge in [0.05, 0.1) is 4.92 Å². The molecule has 0 bridgehead atoms. The van der Waals surface area contributed by atoms with Crippen LogP contribution in [0.2, 0.25) is 5.15 Å². The van der Waals surface area contributed by atoms with Crippen molar-refractivity contribution >= 4 is 23.0 Å². The number of pyridine rings is 1. The van der Waals surface area contributed by atoms with Gasteiger partial charge in [-0.15, -0.1) is 0 Å². The molecule has 0 saturated heterocycles. The molecule has 1 N–H and O–H groups in total. The largest absolute Gasteiger partial charge is 0.508 e. The Morgan fingerprint density at radius 2 is 2.14 bits per heavy atom. The van der Waals surface area contributed by atoms with Crippen molar-refractivity contribution in [3.8, 4) is 5.75 Å². The van der Waals surface area contributed by atoms with Crippen LogP contribution in [0.15, 0.2) is 30.5 Å². The first-order valence-corrected chi connectivity index (χ1v) is 6.78. The van der Waals surface area contributed by atoms with E-state index in [2.05, 4.69) is 4.98 Å². The first-order valence-electron chi connectivity index (χ1n) is 6.40. The van der Waals surface area contributed by atoms with Gasteiger partial charge < -0.3 is 10.0 Å². The number of phenols is 1. The lowest BCUT2D eigenvalue weighted by atomic mass is 9.99. The number of nitrogens with zero attached hydrogens (tertiary/aromatic N) is 3. The Morgan fingerprint density at radius 1 is 1.33 bits per heavy atom. The second-order valence-corrected chi connectivity index (χ2v) is 5.26. The highest BCUT2D eigenvalue weighted by molar-refractivity contribution is 6.29. The van der Waals surface area contributed by atoms with Gasteiger partial charge >= 0.3 is 5.69 Å². The second-order valence-electron chi connectivity index (χ2n) is 4.88. The van der Waals surface area contributed by atoms with Crippen molar-refractivity contribution in [2.24, 2.45) is 0 Å². The number of fused-ring (bicyclic) bond motifs is 1. The molecule has 0 aliphatic carbocycles. The molecule has 1 aromatic heterocycles. The van der Waals surface area contributed by atoms with Crippen LogP contribution in [0.5, 0.6) is 5.75 Å². The van der Waals surface area contributed by atoms with Crippen LogP contribution < -0.4 is 4.90 Å². The molecule has 6 nitrogen and oxygen atoms in total. The highest BCUT2D eigenvalue weighted by Gasteiger charge is 2.24. The summed E-state index contributed by atoms with van der Waals surface area (Å²) in [5, 5.41) is 20.9. The number of benzene rings is 1. The molecule has 1 aliphatic heterocycles. The van der Waals surface area contributed by atoms with Crippen molar-refractivity contribution in [3.63, 3.8) is 0 Å². The maximum absolute atomic E-state index is 11.1. The van der Waals surface area contributed by atoms with Crippen LogP contribution in [0.4, 0.5) is 11.4 Å². The van der Waals surface area contributed by atoms with E-state index in [4.69, 9.17) is 11.6 Å². The van der Waals surface area contributed by atoms with Crippen molar-refractivity contribution in [1.29, 1.82) is 0 Å². The average Bonchev–Trinajstić information content (AvgIpc) is 2.46. The predicted molar refractivity (Wildman–Crippen MR) is 78.8 cm³/mol. The highest BCUT2D eigenvalue weighted by Crippen LogP contribution is 2.33. The molecule has 108 valence electrons. The quantitative estimate of drug-likeness (QED) is 0.524. The predicted octanol–water partition coefficient (Wildman–Crippen LogP) is 2.91. The number of halogens is 1. The molecule has 0 spiro atoms. The van der Waals surface area contributed by atoms with Crippen LogP contribution in [0, 0.1) is 10.1 Å². The van der Waals surface area contributed by atoms with Gasteiger partial charge in [0.1, 0.15) is 22.8 Å². The summed E-state index contributed by atoms with van der Waals surface area (Å²) in [4.78, 5) is 16.3. The molecule has 7 heteroatoms. The van der Waals surface area contributed by atoms with Gasteiger partial charge in [0.25, 0.3) is 0 Å². The summed E-state index contributed by atoms with van der Waals surface area (Å²) >= 11 is 5.87. The molecule has 1 aromatic carbocycles. The zero-order valence-corrected chi connectivity index (χ0v) is 11.7. The van der Waals surface area contributed by atoms with Crippen molar-refractivity contribution in [3.05, 3.63) is 56.9 Å². The number of nitro groups is 1. The van der Waals surface area contributed by atoms with Gasteiger partial charge in [0.2, 0.25) is 0 Å². The molecular weight excluding hydrogens is 294 g/mol. The molecule has 1 aliphatic rings. The van der Waals surface area contributed by atoms with E-state index >= 15 is 0 Å². The lowest BCUT2D eigenvalue weighted by Gasteiger charge is -2.30. The van der Waals surface area contributed by atoms with Gasteiger partial charge in [0.15, 0.2) is 0 Å². The number of aromatic nitrogens is 1. The lowest BCUT2D eigenvalue weighted by Crippen LogP contribution is -2.30. The lowest BCUT2D eigenvalue weighted by molar-refractivity contribution is -0.384. The highest BCUT2D eigenvalue weighted by atomic mass is 35.5. The summed E-state index contributed by atoms with van der Waals surface area (Å²) in [5.74, 6) is 0.192. The summed E-state index contributed by atoms with van der Waals surface area (Å²) in [6.45, 7) is 1.14. The molecule has 2 heterocycles. The third-order valence-electron chi connectivity index (χ3n) is 3.57. The van der Waals surface area contributed by atoms with Crippen LogP contribution in [-0.2, 0) is 13.0 Å². The van der Waals surface area contributed by atoms with Crippen LogP contribution in [0.1, 0.15) is 11.1 Å². The smallest absolute Gasteiger partial charge is 0.310 e. The van der Waals surface area contributed by atoms with Gasteiger partial charge in [-0.25, -0.2) is 4.98 Å². The Kier molecular flexibility index (Phi) is 3.39. The molecule has 0 fully saturated rings. The van der Waals surface area contributed by atoms with E-state index < -0.39 is 4.92 Å². The number of hydrogen-bond acceptors (Lipinski definition) is 5. The first-order chi connectivity index (χ1) is 10.0. The molecule has 0 atom stereocenters. The minimum absolute atomic E-state index is 0.0667. The van der Waals surface area contributed by atoms with Crippen LogP contribution in [0.25, 0.3) is 0 Å². The molecule has 0 amide bonds. The Labute approximate surface area is 125 Å². The zero-order chi connectivity index (χ0) is 15.0. The fourth-order valence-electron chi connectivity index (χ4n) is 2.56. The van der Waals surface area contributed by atoms with Crippen molar-refractivity contribution in [2.45, 2.75) is 13.0 Å². The molecule has 0 saturated carbocycles. The Morgan fingerprint density at radius 3 is 2.90 bits per heavy atom. The summed E-state index contributed by atoms with van der Waals surface area (Å²) in [6.07, 6.45) is 1.93. The fraction of sp³-hybridized carbons (Fsp3) is 0.214.